The summed E-state index contributed by atoms with van der Waals surface area (Å²) >= 11 is 0. The number of hydrogen-bond donors (Lipinski definition) is 1. The van der Waals surface area contributed by atoms with Crippen LogP contribution in [-0.2, 0) is 5.54 Å². The van der Waals surface area contributed by atoms with E-state index in [9.17, 15) is 4.79 Å². The summed E-state index contributed by atoms with van der Waals surface area (Å²) in [6.45, 7) is 6.05. The largest absolute Gasteiger partial charge is 0.497 e. The van der Waals surface area contributed by atoms with Crippen LogP contribution in [0.1, 0.15) is 45.1 Å². The van der Waals surface area contributed by atoms with Crippen molar-refractivity contribution in [2.45, 2.75) is 45.1 Å². The van der Waals surface area contributed by atoms with Crippen molar-refractivity contribution < 1.29 is 9.53 Å². The molecule has 5 rings (SSSR count). The minimum atomic E-state index is -0.393. The monoisotopic (exact) mass is 342 g/mol. The lowest BCUT2D eigenvalue weighted by atomic mass is 9.60. The highest BCUT2D eigenvalue weighted by Gasteiger charge is 2.49. The van der Waals surface area contributed by atoms with Crippen molar-refractivity contribution in [1.82, 2.24) is 10.2 Å². The Morgan fingerprint density at radius 1 is 1.04 bits per heavy atom. The van der Waals surface area contributed by atoms with Crippen LogP contribution in [0.5, 0.6) is 5.75 Å². The first-order chi connectivity index (χ1) is 12.0. The number of urea groups is 1. The first kappa shape index (κ1) is 16.7. The van der Waals surface area contributed by atoms with Crippen molar-refractivity contribution >= 4 is 6.03 Å². The number of fused-ring (bicyclic) bond motifs is 2. The standard InChI is InChI=1S/C21H30N2O2/c1-21(2,16-8-10-17(25-3)11-9-16)22-20(24)23-12-18-14-4-5-15(7-6-14)19(18)13-23/h8-11,14-15,18-19H,4-7,12-13H2,1-3H3,(H,22,24)/t14?,15?,18-,19+. The van der Waals surface area contributed by atoms with Gasteiger partial charge in [-0.2, -0.15) is 0 Å². The second-order valence-electron chi connectivity index (χ2n) is 8.69. The Balaban J connectivity index is 1.43. The number of carbonyl (C=O) groups excluding carboxylic acids is 1. The van der Waals surface area contributed by atoms with Crippen molar-refractivity contribution in [3.05, 3.63) is 29.8 Å². The molecule has 1 aromatic rings. The summed E-state index contributed by atoms with van der Waals surface area (Å²) in [5.74, 6) is 4.07. The molecule has 2 atom stereocenters. The lowest BCUT2D eigenvalue weighted by Gasteiger charge is -2.44. The number of nitrogens with one attached hydrogen (secondary N) is 1. The molecule has 0 spiro atoms. The van der Waals surface area contributed by atoms with Crippen molar-refractivity contribution in [3.8, 4) is 5.75 Å². The first-order valence-corrected chi connectivity index (χ1v) is 9.69. The van der Waals surface area contributed by atoms with E-state index in [0.29, 0.717) is 0 Å². The predicted octanol–water partition coefficient (Wildman–Crippen LogP) is 4.01. The van der Waals surface area contributed by atoms with E-state index in [-0.39, 0.29) is 6.03 Å². The fourth-order valence-electron chi connectivity index (χ4n) is 5.44. The van der Waals surface area contributed by atoms with Gasteiger partial charge in [0.05, 0.1) is 12.6 Å². The van der Waals surface area contributed by atoms with Crippen LogP contribution in [0.15, 0.2) is 24.3 Å². The van der Waals surface area contributed by atoms with Crippen molar-refractivity contribution in [2.75, 3.05) is 20.2 Å². The molecule has 2 amide bonds. The molecule has 136 valence electrons. The van der Waals surface area contributed by atoms with Gasteiger partial charge in [0.15, 0.2) is 0 Å². The summed E-state index contributed by atoms with van der Waals surface area (Å²) in [6.07, 6.45) is 5.55. The number of rotatable bonds is 3. The maximum absolute atomic E-state index is 12.9. The molecule has 4 aliphatic rings. The van der Waals surface area contributed by atoms with Crippen LogP contribution in [0.25, 0.3) is 0 Å². The summed E-state index contributed by atoms with van der Waals surface area (Å²) in [5, 5.41) is 3.26. The number of ether oxygens (including phenoxy) is 1. The van der Waals surface area contributed by atoms with Gasteiger partial charge in [-0.3, -0.25) is 0 Å². The Kier molecular flexibility index (Phi) is 4.17. The highest BCUT2D eigenvalue weighted by Crippen LogP contribution is 2.51. The van der Waals surface area contributed by atoms with Gasteiger partial charge >= 0.3 is 6.03 Å². The molecule has 0 radical (unpaired) electrons. The molecule has 0 aromatic heterocycles. The second-order valence-corrected chi connectivity index (χ2v) is 8.69. The Bertz CT molecular complexity index is 612. The van der Waals surface area contributed by atoms with E-state index in [2.05, 4.69) is 24.1 Å². The van der Waals surface area contributed by atoms with E-state index in [4.69, 9.17) is 4.74 Å². The number of likely N-dealkylation sites (tertiary alicyclic amines) is 1. The highest BCUT2D eigenvalue weighted by molar-refractivity contribution is 5.75. The third-order valence-corrected chi connectivity index (χ3v) is 6.96. The van der Waals surface area contributed by atoms with Crippen molar-refractivity contribution in [3.63, 3.8) is 0 Å². The van der Waals surface area contributed by atoms with Gasteiger partial charge in [0, 0.05) is 13.1 Å². The molecule has 2 bridgehead atoms. The van der Waals surface area contributed by atoms with E-state index in [1.807, 2.05) is 24.3 Å². The summed E-state index contributed by atoms with van der Waals surface area (Å²) < 4.78 is 5.23. The molecule has 4 fully saturated rings. The van der Waals surface area contributed by atoms with Crippen molar-refractivity contribution in [1.29, 1.82) is 0 Å². The molecule has 1 saturated heterocycles. The van der Waals surface area contributed by atoms with Crippen LogP contribution < -0.4 is 10.1 Å². The average Bonchev–Trinajstić information content (AvgIpc) is 3.10. The zero-order valence-electron chi connectivity index (χ0n) is 15.6. The van der Waals surface area contributed by atoms with Crippen molar-refractivity contribution in [2.24, 2.45) is 23.7 Å². The van der Waals surface area contributed by atoms with Gasteiger partial charge in [-0.1, -0.05) is 12.1 Å². The minimum Gasteiger partial charge on any atom is -0.497 e. The summed E-state index contributed by atoms with van der Waals surface area (Å²) in [5.41, 5.74) is 0.703. The Morgan fingerprint density at radius 2 is 1.56 bits per heavy atom. The molecular formula is C21H30N2O2. The first-order valence-electron chi connectivity index (χ1n) is 9.69. The van der Waals surface area contributed by atoms with Crippen LogP contribution in [-0.4, -0.2) is 31.1 Å². The molecule has 3 saturated carbocycles. The highest BCUT2D eigenvalue weighted by atomic mass is 16.5. The van der Waals surface area contributed by atoms with E-state index >= 15 is 0 Å². The van der Waals surface area contributed by atoms with Gasteiger partial charge in [-0.15, -0.1) is 0 Å². The average molecular weight is 342 g/mol. The Morgan fingerprint density at radius 3 is 2.04 bits per heavy atom. The van der Waals surface area contributed by atoms with E-state index in [1.165, 1.54) is 25.7 Å². The van der Waals surface area contributed by atoms with Crippen LogP contribution in [0.2, 0.25) is 0 Å². The topological polar surface area (TPSA) is 41.6 Å². The molecule has 4 nitrogen and oxygen atoms in total. The second kappa shape index (κ2) is 6.22. The van der Waals surface area contributed by atoms with E-state index in [0.717, 1.165) is 48.1 Å². The molecular weight excluding hydrogens is 312 g/mol. The molecule has 1 aromatic carbocycles. The molecule has 4 heteroatoms. The fourth-order valence-corrected chi connectivity index (χ4v) is 5.44. The van der Waals surface area contributed by atoms with Crippen LogP contribution in [0, 0.1) is 23.7 Å². The minimum absolute atomic E-state index is 0.0922. The normalized spacial score (nSPS) is 30.9. The molecule has 1 aliphatic heterocycles. The summed E-state index contributed by atoms with van der Waals surface area (Å²) in [7, 11) is 1.67. The van der Waals surface area contributed by atoms with Crippen LogP contribution >= 0.6 is 0 Å². The van der Waals surface area contributed by atoms with Gasteiger partial charge in [-0.25, -0.2) is 4.79 Å². The quantitative estimate of drug-likeness (QED) is 0.902. The number of carbonyl (C=O) groups is 1. The van der Waals surface area contributed by atoms with Gasteiger partial charge in [-0.05, 0) is 80.9 Å². The Labute approximate surface area is 150 Å². The molecule has 3 aliphatic carbocycles. The number of amides is 2. The third-order valence-electron chi connectivity index (χ3n) is 6.96. The van der Waals surface area contributed by atoms with Gasteiger partial charge in [0.2, 0.25) is 0 Å². The zero-order chi connectivity index (χ0) is 17.6. The molecule has 1 N–H and O–H groups in total. The van der Waals surface area contributed by atoms with Gasteiger partial charge < -0.3 is 15.0 Å². The van der Waals surface area contributed by atoms with Crippen LogP contribution in [0.4, 0.5) is 4.79 Å². The van der Waals surface area contributed by atoms with E-state index in [1.54, 1.807) is 7.11 Å². The predicted molar refractivity (Wildman–Crippen MR) is 98.6 cm³/mol. The number of hydrogen-bond acceptors (Lipinski definition) is 2. The van der Waals surface area contributed by atoms with E-state index < -0.39 is 5.54 Å². The van der Waals surface area contributed by atoms with Gasteiger partial charge in [0.1, 0.15) is 5.75 Å². The smallest absolute Gasteiger partial charge is 0.318 e. The third kappa shape index (κ3) is 3.00. The summed E-state index contributed by atoms with van der Waals surface area (Å²) in [4.78, 5) is 15.0. The SMILES string of the molecule is COc1ccc(C(C)(C)NC(=O)N2C[C@@H]3C4CCC(CC4)[C@@H]3C2)cc1. The Hall–Kier alpha value is -1.71. The van der Waals surface area contributed by atoms with Gasteiger partial charge in [0.25, 0.3) is 0 Å². The summed E-state index contributed by atoms with van der Waals surface area (Å²) in [6, 6.07) is 8.05. The number of nitrogens with zero attached hydrogens (tertiary/aromatic N) is 1. The lowest BCUT2D eigenvalue weighted by Crippen LogP contribution is -2.47. The van der Waals surface area contributed by atoms with Crippen LogP contribution in [0.3, 0.4) is 0 Å². The fraction of sp³-hybridized carbons (Fsp3) is 0.667. The molecule has 0 unspecified atom stereocenters. The zero-order valence-corrected chi connectivity index (χ0v) is 15.6. The lowest BCUT2D eigenvalue weighted by molar-refractivity contribution is 0.0577. The number of methoxy groups -OCH3 is 1. The molecule has 1 heterocycles. The molecule has 25 heavy (non-hydrogen) atoms. The maximum Gasteiger partial charge on any atom is 0.318 e. The number of benzene rings is 1. The maximum atomic E-state index is 12.9.